The largest absolute Gasteiger partial charge is 0.493 e. The Morgan fingerprint density at radius 3 is 2.57 bits per heavy atom. The van der Waals surface area contributed by atoms with Crippen LogP contribution in [0.3, 0.4) is 0 Å². The number of rotatable bonds is 7. The molecule has 3 aliphatic carbocycles. The van der Waals surface area contributed by atoms with Crippen LogP contribution in [0.5, 0.6) is 5.75 Å². The summed E-state index contributed by atoms with van der Waals surface area (Å²) in [5, 5.41) is 0. The van der Waals surface area contributed by atoms with Gasteiger partial charge < -0.3 is 4.74 Å². The number of benzene rings is 1. The Morgan fingerprint density at radius 1 is 1.13 bits per heavy atom. The summed E-state index contributed by atoms with van der Waals surface area (Å²) in [6.07, 6.45) is 5.50. The fourth-order valence-electron chi connectivity index (χ4n) is 4.71. The maximum atomic E-state index is 14.7. The summed E-state index contributed by atoms with van der Waals surface area (Å²) >= 11 is 0. The first-order chi connectivity index (χ1) is 14.3. The number of ether oxygens (including phenoxy) is 1. The van der Waals surface area contributed by atoms with Gasteiger partial charge in [0.1, 0.15) is 17.7 Å². The van der Waals surface area contributed by atoms with Gasteiger partial charge in [-0.05, 0) is 73.8 Å². The standard InChI is InChI=1S/C21H26F2N2O4S/c22-16-9-25(10-16)30(27,28)24-21(26)18-7-17(13-3-4-13)20(8-19(18)23)29-11-12-1-2-14-6-15(14)5-12/h7-8,12-16H,1-6,9-11H2,(H,24,26). The molecule has 1 aromatic rings. The van der Waals surface area contributed by atoms with E-state index in [0.29, 0.717) is 18.3 Å². The Morgan fingerprint density at radius 2 is 1.90 bits per heavy atom. The highest BCUT2D eigenvalue weighted by molar-refractivity contribution is 7.87. The second-order valence-corrected chi connectivity index (χ2v) is 10.9. The van der Waals surface area contributed by atoms with Crippen LogP contribution in [0.15, 0.2) is 12.1 Å². The molecule has 6 nitrogen and oxygen atoms in total. The molecule has 4 fully saturated rings. The van der Waals surface area contributed by atoms with E-state index in [4.69, 9.17) is 4.74 Å². The molecule has 1 aromatic carbocycles. The molecular formula is C21H26F2N2O4S. The molecule has 1 N–H and O–H groups in total. The van der Waals surface area contributed by atoms with Crippen LogP contribution in [0.1, 0.15) is 60.4 Å². The van der Waals surface area contributed by atoms with E-state index >= 15 is 0 Å². The number of alkyl halides is 1. The predicted octanol–water partition coefficient (Wildman–Crippen LogP) is 3.15. The number of amides is 1. The summed E-state index contributed by atoms with van der Waals surface area (Å²) < 4.78 is 60.6. The molecule has 30 heavy (non-hydrogen) atoms. The van der Waals surface area contributed by atoms with Gasteiger partial charge in [0.15, 0.2) is 0 Å². The Bertz CT molecular complexity index is 960. The van der Waals surface area contributed by atoms with Crippen LogP contribution >= 0.6 is 0 Å². The van der Waals surface area contributed by atoms with Crippen molar-refractivity contribution < 1.29 is 26.7 Å². The number of carbonyl (C=O) groups excluding carboxylic acids is 1. The van der Waals surface area contributed by atoms with Crippen molar-refractivity contribution in [2.45, 2.75) is 50.6 Å². The molecule has 1 amide bonds. The molecule has 164 valence electrons. The van der Waals surface area contributed by atoms with Gasteiger partial charge >= 0.3 is 10.2 Å². The molecule has 5 rings (SSSR count). The number of fused-ring (bicyclic) bond motifs is 1. The highest BCUT2D eigenvalue weighted by Gasteiger charge is 2.42. The topological polar surface area (TPSA) is 75.7 Å². The number of carbonyl (C=O) groups is 1. The van der Waals surface area contributed by atoms with Crippen molar-refractivity contribution in [2.75, 3.05) is 19.7 Å². The van der Waals surface area contributed by atoms with Crippen LogP contribution in [-0.2, 0) is 10.2 Å². The van der Waals surface area contributed by atoms with Gasteiger partial charge in [-0.2, -0.15) is 12.7 Å². The quantitative estimate of drug-likeness (QED) is 0.707. The third-order valence-corrected chi connectivity index (χ3v) is 8.27. The molecule has 4 aliphatic rings. The third-order valence-electron chi connectivity index (χ3n) is 6.85. The average Bonchev–Trinajstić information content (AvgIpc) is 3.57. The Labute approximate surface area is 175 Å². The lowest BCUT2D eigenvalue weighted by Gasteiger charge is -2.32. The molecule has 9 heteroatoms. The molecule has 0 spiro atoms. The molecular weight excluding hydrogens is 414 g/mol. The predicted molar refractivity (Wildman–Crippen MR) is 106 cm³/mol. The smallest absolute Gasteiger partial charge is 0.304 e. The number of hydrogen-bond acceptors (Lipinski definition) is 4. The van der Waals surface area contributed by atoms with Crippen molar-refractivity contribution in [1.82, 2.24) is 9.03 Å². The van der Waals surface area contributed by atoms with Crippen molar-refractivity contribution in [1.29, 1.82) is 0 Å². The normalized spacial score (nSPS) is 29.1. The van der Waals surface area contributed by atoms with Crippen molar-refractivity contribution in [3.8, 4) is 5.75 Å². The highest BCUT2D eigenvalue weighted by atomic mass is 32.2. The van der Waals surface area contributed by atoms with Crippen molar-refractivity contribution in [3.63, 3.8) is 0 Å². The van der Waals surface area contributed by atoms with Crippen molar-refractivity contribution >= 4 is 16.1 Å². The lowest BCUT2D eigenvalue weighted by molar-refractivity contribution is 0.0964. The molecule has 1 saturated heterocycles. The van der Waals surface area contributed by atoms with Crippen LogP contribution in [0, 0.1) is 23.6 Å². The molecule has 3 atom stereocenters. The van der Waals surface area contributed by atoms with Crippen molar-refractivity contribution in [2.24, 2.45) is 17.8 Å². The Kier molecular flexibility index (Phi) is 5.01. The van der Waals surface area contributed by atoms with Gasteiger partial charge in [0.25, 0.3) is 5.91 Å². The molecule has 1 aliphatic heterocycles. The van der Waals surface area contributed by atoms with Crippen LogP contribution in [0.25, 0.3) is 0 Å². The zero-order valence-electron chi connectivity index (χ0n) is 16.6. The van der Waals surface area contributed by atoms with Crippen LogP contribution in [0.2, 0.25) is 0 Å². The van der Waals surface area contributed by atoms with Gasteiger partial charge in [-0.3, -0.25) is 4.79 Å². The summed E-state index contributed by atoms with van der Waals surface area (Å²) in [6.45, 7) is -0.0520. The van der Waals surface area contributed by atoms with Gasteiger partial charge in [0.2, 0.25) is 0 Å². The van der Waals surface area contributed by atoms with Crippen LogP contribution < -0.4 is 9.46 Å². The Balaban J connectivity index is 1.29. The molecule has 0 bridgehead atoms. The minimum Gasteiger partial charge on any atom is -0.493 e. The number of halogens is 2. The fourth-order valence-corrected chi connectivity index (χ4v) is 5.90. The summed E-state index contributed by atoms with van der Waals surface area (Å²) in [5.74, 6) is 1.00. The van der Waals surface area contributed by atoms with E-state index in [0.717, 1.165) is 41.0 Å². The SMILES string of the molecule is O=C(NS(=O)(=O)N1CC(F)C1)c1cc(C2CC2)c(OCC2CCC3CC3C2)cc1F. The van der Waals surface area contributed by atoms with Gasteiger partial charge in [-0.25, -0.2) is 13.5 Å². The minimum atomic E-state index is -4.18. The van der Waals surface area contributed by atoms with E-state index in [2.05, 4.69) is 0 Å². The average molecular weight is 441 g/mol. The first kappa shape index (κ1) is 20.2. The van der Waals surface area contributed by atoms with Crippen LogP contribution in [0.4, 0.5) is 8.78 Å². The number of nitrogens with one attached hydrogen (secondary N) is 1. The second kappa shape index (κ2) is 7.44. The molecule has 0 radical (unpaired) electrons. The summed E-state index contributed by atoms with van der Waals surface area (Å²) in [7, 11) is -4.18. The first-order valence-corrected chi connectivity index (χ1v) is 12.2. The maximum Gasteiger partial charge on any atom is 0.304 e. The van der Waals surface area contributed by atoms with Gasteiger partial charge in [-0.1, -0.05) is 0 Å². The van der Waals surface area contributed by atoms with E-state index in [9.17, 15) is 22.0 Å². The van der Waals surface area contributed by atoms with E-state index in [1.54, 1.807) is 0 Å². The van der Waals surface area contributed by atoms with Crippen LogP contribution in [-0.4, -0.2) is 44.5 Å². The summed E-state index contributed by atoms with van der Waals surface area (Å²) in [4.78, 5) is 12.5. The minimum absolute atomic E-state index is 0.200. The summed E-state index contributed by atoms with van der Waals surface area (Å²) in [6, 6.07) is 2.62. The number of nitrogens with zero attached hydrogens (tertiary/aromatic N) is 1. The van der Waals surface area contributed by atoms with Gasteiger partial charge in [0.05, 0.1) is 12.2 Å². The third kappa shape index (κ3) is 4.06. The zero-order chi connectivity index (χ0) is 21.0. The molecule has 0 aromatic heterocycles. The maximum absolute atomic E-state index is 14.7. The lowest BCUT2D eigenvalue weighted by atomic mass is 9.90. The van der Waals surface area contributed by atoms with E-state index in [1.165, 1.54) is 31.4 Å². The first-order valence-electron chi connectivity index (χ1n) is 10.7. The summed E-state index contributed by atoms with van der Waals surface area (Å²) in [5.41, 5.74) is 0.426. The fraction of sp³-hybridized carbons (Fsp3) is 0.667. The molecule has 3 saturated carbocycles. The highest BCUT2D eigenvalue weighted by Crippen LogP contribution is 2.51. The van der Waals surface area contributed by atoms with Gasteiger partial charge in [0, 0.05) is 19.2 Å². The molecule has 1 heterocycles. The van der Waals surface area contributed by atoms with E-state index < -0.39 is 28.1 Å². The molecule has 3 unspecified atom stereocenters. The van der Waals surface area contributed by atoms with Crippen molar-refractivity contribution in [3.05, 3.63) is 29.1 Å². The van der Waals surface area contributed by atoms with E-state index in [1.807, 2.05) is 4.72 Å². The lowest BCUT2D eigenvalue weighted by Crippen LogP contribution is -2.56. The van der Waals surface area contributed by atoms with Gasteiger partial charge in [-0.15, -0.1) is 0 Å². The zero-order valence-corrected chi connectivity index (χ0v) is 17.5. The monoisotopic (exact) mass is 440 g/mol. The number of hydrogen-bond donors (Lipinski definition) is 1. The second-order valence-electron chi connectivity index (χ2n) is 9.24. The Hall–Kier alpha value is -1.74. The van der Waals surface area contributed by atoms with E-state index in [-0.39, 0.29) is 24.6 Å².